The molecule has 0 bridgehead atoms. The molecule has 1 atom stereocenters. The maximum Gasteiger partial charge on any atom is 0.0310 e. The van der Waals surface area contributed by atoms with Crippen LogP contribution in [-0.2, 0) is 0 Å². The standard InChI is InChI=1S/C16H20BrN/c17-15-8-6-13(7-9-15)12-14-4-1-2-5-16(14)18-10-3-11-18/h6-9,12,16H,1-5,10-11H2. The summed E-state index contributed by atoms with van der Waals surface area (Å²) in [6.07, 6.45) is 9.24. The summed E-state index contributed by atoms with van der Waals surface area (Å²) in [5.74, 6) is 0. The Morgan fingerprint density at radius 1 is 1.06 bits per heavy atom. The molecule has 1 nitrogen and oxygen atoms in total. The third-order valence-electron chi connectivity index (χ3n) is 4.17. The lowest BCUT2D eigenvalue weighted by Gasteiger charge is -2.42. The second-order valence-corrected chi connectivity index (χ2v) is 6.34. The maximum atomic E-state index is 3.50. The van der Waals surface area contributed by atoms with E-state index in [4.69, 9.17) is 0 Å². The largest absolute Gasteiger partial charge is 0.297 e. The first-order chi connectivity index (χ1) is 8.83. The molecule has 1 heterocycles. The van der Waals surface area contributed by atoms with Crippen LogP contribution in [0, 0.1) is 0 Å². The van der Waals surface area contributed by atoms with Gasteiger partial charge in [0.1, 0.15) is 0 Å². The first-order valence-electron chi connectivity index (χ1n) is 7.03. The van der Waals surface area contributed by atoms with Crippen molar-refractivity contribution in [2.75, 3.05) is 13.1 Å². The van der Waals surface area contributed by atoms with E-state index in [1.54, 1.807) is 5.57 Å². The monoisotopic (exact) mass is 305 g/mol. The van der Waals surface area contributed by atoms with Gasteiger partial charge in [-0.2, -0.15) is 0 Å². The molecule has 1 saturated heterocycles. The Balaban J connectivity index is 1.80. The highest BCUT2D eigenvalue weighted by Gasteiger charge is 2.28. The number of likely N-dealkylation sites (tertiary alicyclic amines) is 1. The van der Waals surface area contributed by atoms with Crippen LogP contribution < -0.4 is 0 Å². The van der Waals surface area contributed by atoms with Gasteiger partial charge in [0.05, 0.1) is 0 Å². The van der Waals surface area contributed by atoms with E-state index in [-0.39, 0.29) is 0 Å². The van der Waals surface area contributed by atoms with Crippen molar-refractivity contribution in [1.29, 1.82) is 0 Å². The van der Waals surface area contributed by atoms with Crippen molar-refractivity contribution >= 4 is 22.0 Å². The zero-order valence-corrected chi connectivity index (χ0v) is 12.3. The molecule has 18 heavy (non-hydrogen) atoms. The normalized spacial score (nSPS) is 27.2. The van der Waals surface area contributed by atoms with Crippen molar-refractivity contribution in [3.8, 4) is 0 Å². The summed E-state index contributed by atoms with van der Waals surface area (Å²) >= 11 is 3.50. The number of hydrogen-bond acceptors (Lipinski definition) is 1. The van der Waals surface area contributed by atoms with Gasteiger partial charge in [-0.05, 0) is 56.5 Å². The van der Waals surface area contributed by atoms with Crippen LogP contribution in [0.15, 0.2) is 34.3 Å². The van der Waals surface area contributed by atoms with E-state index < -0.39 is 0 Å². The minimum Gasteiger partial charge on any atom is -0.297 e. The number of nitrogens with zero attached hydrogens (tertiary/aromatic N) is 1. The van der Waals surface area contributed by atoms with Gasteiger partial charge in [0.2, 0.25) is 0 Å². The van der Waals surface area contributed by atoms with Crippen molar-refractivity contribution < 1.29 is 0 Å². The summed E-state index contributed by atoms with van der Waals surface area (Å²) < 4.78 is 1.16. The Bertz CT molecular complexity index is 431. The molecule has 1 aromatic rings. The van der Waals surface area contributed by atoms with Crippen LogP contribution in [0.4, 0.5) is 0 Å². The van der Waals surface area contributed by atoms with Gasteiger partial charge in [-0.3, -0.25) is 4.90 Å². The molecule has 1 aromatic carbocycles. The Morgan fingerprint density at radius 2 is 1.83 bits per heavy atom. The molecule has 1 saturated carbocycles. The van der Waals surface area contributed by atoms with Crippen LogP contribution >= 0.6 is 15.9 Å². The molecule has 3 rings (SSSR count). The molecule has 0 radical (unpaired) electrons. The van der Waals surface area contributed by atoms with E-state index >= 15 is 0 Å². The number of rotatable bonds is 2. The van der Waals surface area contributed by atoms with Crippen molar-refractivity contribution in [2.24, 2.45) is 0 Å². The van der Waals surface area contributed by atoms with Gasteiger partial charge in [-0.15, -0.1) is 0 Å². The fourth-order valence-corrected chi connectivity index (χ4v) is 3.29. The predicted octanol–water partition coefficient (Wildman–Crippen LogP) is 4.48. The Labute approximate surface area is 118 Å². The topological polar surface area (TPSA) is 3.24 Å². The highest BCUT2D eigenvalue weighted by Crippen LogP contribution is 2.32. The molecular formula is C16H20BrN. The molecule has 2 heteroatoms. The quantitative estimate of drug-likeness (QED) is 0.778. The zero-order valence-electron chi connectivity index (χ0n) is 10.7. The molecule has 0 N–H and O–H groups in total. The molecule has 0 aromatic heterocycles. The molecule has 2 fully saturated rings. The van der Waals surface area contributed by atoms with Gasteiger partial charge >= 0.3 is 0 Å². The first-order valence-corrected chi connectivity index (χ1v) is 7.82. The lowest BCUT2D eigenvalue weighted by molar-refractivity contribution is 0.121. The highest BCUT2D eigenvalue weighted by molar-refractivity contribution is 9.10. The van der Waals surface area contributed by atoms with Crippen LogP contribution in [0.2, 0.25) is 0 Å². The van der Waals surface area contributed by atoms with Gasteiger partial charge in [0, 0.05) is 10.5 Å². The second kappa shape index (κ2) is 5.58. The summed E-state index contributed by atoms with van der Waals surface area (Å²) in [7, 11) is 0. The molecule has 1 aliphatic carbocycles. The van der Waals surface area contributed by atoms with Crippen LogP contribution in [-0.4, -0.2) is 24.0 Å². The van der Waals surface area contributed by atoms with Crippen molar-refractivity contribution in [3.63, 3.8) is 0 Å². The van der Waals surface area contributed by atoms with E-state index in [2.05, 4.69) is 51.2 Å². The SMILES string of the molecule is Brc1ccc(C=C2CCCCC2N2CCC2)cc1. The third-order valence-corrected chi connectivity index (χ3v) is 4.70. The minimum absolute atomic E-state index is 0.733. The molecule has 0 spiro atoms. The van der Waals surface area contributed by atoms with Crippen LogP contribution in [0.3, 0.4) is 0 Å². The van der Waals surface area contributed by atoms with Gasteiger partial charge in [0.25, 0.3) is 0 Å². The van der Waals surface area contributed by atoms with Crippen LogP contribution in [0.5, 0.6) is 0 Å². The summed E-state index contributed by atoms with van der Waals surface area (Å²) in [6.45, 7) is 2.62. The summed E-state index contributed by atoms with van der Waals surface area (Å²) in [5, 5.41) is 0. The molecular weight excluding hydrogens is 286 g/mol. The number of halogens is 1. The summed E-state index contributed by atoms with van der Waals surface area (Å²) in [6, 6.07) is 9.41. The Hall–Kier alpha value is -0.600. The van der Waals surface area contributed by atoms with Crippen molar-refractivity contribution in [1.82, 2.24) is 4.90 Å². The summed E-state index contributed by atoms with van der Waals surface area (Å²) in [4.78, 5) is 2.66. The van der Waals surface area contributed by atoms with E-state index in [1.165, 1.54) is 50.8 Å². The fourth-order valence-electron chi connectivity index (χ4n) is 3.03. The predicted molar refractivity (Wildman–Crippen MR) is 80.6 cm³/mol. The van der Waals surface area contributed by atoms with E-state index in [9.17, 15) is 0 Å². The van der Waals surface area contributed by atoms with Crippen molar-refractivity contribution in [2.45, 2.75) is 38.1 Å². The Morgan fingerprint density at radius 3 is 2.50 bits per heavy atom. The number of hydrogen-bond donors (Lipinski definition) is 0. The van der Waals surface area contributed by atoms with Gasteiger partial charge in [-0.25, -0.2) is 0 Å². The van der Waals surface area contributed by atoms with Crippen LogP contribution in [0.1, 0.15) is 37.7 Å². The third kappa shape index (κ3) is 2.70. The highest BCUT2D eigenvalue weighted by atomic mass is 79.9. The van der Waals surface area contributed by atoms with E-state index in [0.29, 0.717) is 0 Å². The average Bonchev–Trinajstić information content (AvgIpc) is 2.32. The van der Waals surface area contributed by atoms with E-state index in [1.807, 2.05) is 0 Å². The molecule has 2 aliphatic rings. The summed E-state index contributed by atoms with van der Waals surface area (Å²) in [5.41, 5.74) is 3.00. The number of benzene rings is 1. The lowest BCUT2D eigenvalue weighted by atomic mass is 9.86. The first kappa shape index (κ1) is 12.4. The maximum absolute atomic E-state index is 3.50. The average molecular weight is 306 g/mol. The Kier molecular flexibility index (Phi) is 3.86. The smallest absolute Gasteiger partial charge is 0.0310 e. The lowest BCUT2D eigenvalue weighted by Crippen LogP contribution is -2.46. The molecule has 1 aliphatic heterocycles. The van der Waals surface area contributed by atoms with Crippen LogP contribution in [0.25, 0.3) is 6.08 Å². The molecule has 1 unspecified atom stereocenters. The van der Waals surface area contributed by atoms with E-state index in [0.717, 1.165) is 10.5 Å². The molecule has 96 valence electrons. The van der Waals surface area contributed by atoms with Gasteiger partial charge in [0.15, 0.2) is 0 Å². The molecule has 0 amide bonds. The second-order valence-electron chi connectivity index (χ2n) is 5.42. The van der Waals surface area contributed by atoms with Gasteiger partial charge in [-0.1, -0.05) is 46.1 Å². The fraction of sp³-hybridized carbons (Fsp3) is 0.500. The van der Waals surface area contributed by atoms with Crippen molar-refractivity contribution in [3.05, 3.63) is 39.9 Å². The van der Waals surface area contributed by atoms with Gasteiger partial charge < -0.3 is 0 Å². The zero-order chi connectivity index (χ0) is 12.4. The minimum atomic E-state index is 0.733.